The highest BCUT2D eigenvalue weighted by molar-refractivity contribution is 9.10. The van der Waals surface area contributed by atoms with Crippen LogP contribution in [0.2, 0.25) is 0 Å². The second kappa shape index (κ2) is 6.69. The summed E-state index contributed by atoms with van der Waals surface area (Å²) in [6.07, 6.45) is -0.700. The molecule has 0 radical (unpaired) electrons. The Morgan fingerprint density at radius 3 is 2.83 bits per heavy atom. The summed E-state index contributed by atoms with van der Waals surface area (Å²) >= 11 is 3.05. The molecule has 0 saturated heterocycles. The molecule has 1 aromatic carbocycles. The van der Waals surface area contributed by atoms with Crippen molar-refractivity contribution in [3.05, 3.63) is 28.0 Å². The molecule has 0 aliphatic heterocycles. The molecule has 0 spiro atoms. The Bertz CT molecular complexity index is 462. The van der Waals surface area contributed by atoms with Gasteiger partial charge in [0.25, 0.3) is 0 Å². The van der Waals surface area contributed by atoms with E-state index in [9.17, 15) is 9.50 Å². The maximum atomic E-state index is 14.0. The number of likely N-dealkylation sites (N-methyl/N-ethyl adjacent to an activating group) is 1. The van der Waals surface area contributed by atoms with Gasteiger partial charge in [0.1, 0.15) is 6.07 Å². The first kappa shape index (κ1) is 14.9. The number of rotatable bonds is 5. The van der Waals surface area contributed by atoms with Crippen molar-refractivity contribution in [2.45, 2.75) is 6.10 Å². The molecule has 0 fully saturated rings. The van der Waals surface area contributed by atoms with E-state index in [-0.39, 0.29) is 23.2 Å². The van der Waals surface area contributed by atoms with Gasteiger partial charge in [0, 0.05) is 20.7 Å². The quantitative estimate of drug-likeness (QED) is 0.901. The van der Waals surface area contributed by atoms with Crippen LogP contribution in [0.3, 0.4) is 0 Å². The summed E-state index contributed by atoms with van der Waals surface area (Å²) < 4.78 is 18.9. The van der Waals surface area contributed by atoms with Crippen LogP contribution in [-0.2, 0) is 4.74 Å². The Balaban J connectivity index is 2.90. The average molecular weight is 317 g/mol. The van der Waals surface area contributed by atoms with Gasteiger partial charge in [-0.15, -0.1) is 0 Å². The summed E-state index contributed by atoms with van der Waals surface area (Å²) in [5, 5.41) is 18.4. The zero-order chi connectivity index (χ0) is 13.7. The number of methoxy groups -OCH3 is 1. The number of benzene rings is 1. The molecular weight excluding hydrogens is 303 g/mol. The lowest BCUT2D eigenvalue weighted by Gasteiger charge is -2.23. The number of ether oxygens (including phenoxy) is 1. The van der Waals surface area contributed by atoms with Crippen molar-refractivity contribution >= 4 is 21.6 Å². The second-order valence-electron chi connectivity index (χ2n) is 3.86. The lowest BCUT2D eigenvalue weighted by atomic mass is 10.2. The monoisotopic (exact) mass is 316 g/mol. The number of hydrogen-bond acceptors (Lipinski definition) is 4. The van der Waals surface area contributed by atoms with Gasteiger partial charge in [0.15, 0.2) is 5.82 Å². The fourth-order valence-electron chi connectivity index (χ4n) is 1.58. The van der Waals surface area contributed by atoms with Crippen molar-refractivity contribution in [3.8, 4) is 6.07 Å². The molecular formula is C12H14BrFN2O2. The summed E-state index contributed by atoms with van der Waals surface area (Å²) in [6, 6.07) is 4.93. The Hall–Kier alpha value is -1.16. The van der Waals surface area contributed by atoms with Crippen LogP contribution in [0, 0.1) is 17.1 Å². The molecule has 0 aliphatic carbocycles. The minimum atomic E-state index is -0.700. The highest BCUT2D eigenvalue weighted by atomic mass is 79.9. The third-order valence-corrected chi connectivity index (χ3v) is 3.21. The molecule has 1 aromatic rings. The second-order valence-corrected chi connectivity index (χ2v) is 4.65. The molecule has 1 unspecified atom stereocenters. The number of halogens is 2. The number of nitriles is 1. The van der Waals surface area contributed by atoms with Crippen LogP contribution in [-0.4, -0.2) is 38.5 Å². The first-order valence-corrected chi connectivity index (χ1v) is 6.06. The molecule has 0 bridgehead atoms. The van der Waals surface area contributed by atoms with Crippen molar-refractivity contribution in [3.63, 3.8) is 0 Å². The van der Waals surface area contributed by atoms with Gasteiger partial charge in [0.05, 0.1) is 28.4 Å². The third kappa shape index (κ3) is 3.42. The van der Waals surface area contributed by atoms with Gasteiger partial charge in [-0.25, -0.2) is 4.39 Å². The molecule has 1 N–H and O–H groups in total. The molecule has 0 heterocycles. The lowest BCUT2D eigenvalue weighted by Crippen LogP contribution is -2.32. The smallest absolute Gasteiger partial charge is 0.161 e. The van der Waals surface area contributed by atoms with Gasteiger partial charge in [-0.3, -0.25) is 0 Å². The third-order valence-electron chi connectivity index (χ3n) is 2.44. The van der Waals surface area contributed by atoms with Crippen LogP contribution in [0.25, 0.3) is 0 Å². The fraction of sp³-hybridized carbons (Fsp3) is 0.417. The van der Waals surface area contributed by atoms with Gasteiger partial charge in [-0.05, 0) is 28.1 Å². The maximum absolute atomic E-state index is 14.0. The number of aliphatic hydroxyl groups excluding tert-OH is 1. The molecule has 0 saturated carbocycles. The SMILES string of the molecule is COCC(O)CN(C)c1ccc(C#N)c(Br)c1F. The van der Waals surface area contributed by atoms with Gasteiger partial charge in [-0.2, -0.15) is 5.26 Å². The first-order valence-electron chi connectivity index (χ1n) is 5.27. The molecule has 4 nitrogen and oxygen atoms in total. The van der Waals surface area contributed by atoms with E-state index in [0.29, 0.717) is 5.69 Å². The molecule has 0 amide bonds. The van der Waals surface area contributed by atoms with Crippen molar-refractivity contribution in [1.29, 1.82) is 5.26 Å². The average Bonchev–Trinajstić information content (AvgIpc) is 2.32. The van der Waals surface area contributed by atoms with Crippen LogP contribution in [0.5, 0.6) is 0 Å². The molecule has 1 atom stereocenters. The number of anilines is 1. The van der Waals surface area contributed by atoms with Crippen LogP contribution < -0.4 is 4.90 Å². The normalized spacial score (nSPS) is 12.0. The Morgan fingerprint density at radius 1 is 1.61 bits per heavy atom. The van der Waals surface area contributed by atoms with Gasteiger partial charge in [-0.1, -0.05) is 0 Å². The molecule has 0 aliphatic rings. The minimum Gasteiger partial charge on any atom is -0.389 e. The van der Waals surface area contributed by atoms with Gasteiger partial charge < -0.3 is 14.7 Å². The summed E-state index contributed by atoms with van der Waals surface area (Å²) in [5.41, 5.74) is 0.554. The van der Waals surface area contributed by atoms with E-state index in [1.165, 1.54) is 19.2 Å². The topological polar surface area (TPSA) is 56.5 Å². The Kier molecular flexibility index (Phi) is 5.54. The van der Waals surface area contributed by atoms with E-state index in [1.54, 1.807) is 11.9 Å². The van der Waals surface area contributed by atoms with E-state index in [1.807, 2.05) is 6.07 Å². The van der Waals surface area contributed by atoms with Crippen LogP contribution in [0.4, 0.5) is 10.1 Å². The van der Waals surface area contributed by atoms with E-state index in [2.05, 4.69) is 15.9 Å². The van der Waals surface area contributed by atoms with Gasteiger partial charge >= 0.3 is 0 Å². The number of aliphatic hydroxyl groups is 1. The number of nitrogens with zero attached hydrogens (tertiary/aromatic N) is 2. The lowest BCUT2D eigenvalue weighted by molar-refractivity contribution is 0.0694. The fourth-order valence-corrected chi connectivity index (χ4v) is 2.00. The maximum Gasteiger partial charge on any atom is 0.161 e. The zero-order valence-electron chi connectivity index (χ0n) is 10.2. The van der Waals surface area contributed by atoms with Crippen molar-refractivity contribution in [2.24, 2.45) is 0 Å². The van der Waals surface area contributed by atoms with Crippen molar-refractivity contribution in [1.82, 2.24) is 0 Å². The van der Waals surface area contributed by atoms with E-state index in [0.717, 1.165) is 0 Å². The molecule has 1 rings (SSSR count). The van der Waals surface area contributed by atoms with Crippen LogP contribution in [0.15, 0.2) is 16.6 Å². The molecule has 98 valence electrons. The van der Waals surface area contributed by atoms with Gasteiger partial charge in [0.2, 0.25) is 0 Å². The number of hydrogen-bond donors (Lipinski definition) is 1. The summed E-state index contributed by atoms with van der Waals surface area (Å²) in [6.45, 7) is 0.423. The predicted octanol–water partition coefficient (Wildman–Crippen LogP) is 1.90. The van der Waals surface area contributed by atoms with E-state index in [4.69, 9.17) is 10.00 Å². The van der Waals surface area contributed by atoms with Crippen molar-refractivity contribution in [2.75, 3.05) is 32.2 Å². The van der Waals surface area contributed by atoms with Crippen LogP contribution in [0.1, 0.15) is 5.56 Å². The highest BCUT2D eigenvalue weighted by Crippen LogP contribution is 2.28. The Labute approximate surface area is 114 Å². The molecule has 6 heteroatoms. The summed E-state index contributed by atoms with van der Waals surface area (Å²) in [5.74, 6) is -0.513. The first-order chi connectivity index (χ1) is 8.51. The molecule has 18 heavy (non-hydrogen) atoms. The summed E-state index contributed by atoms with van der Waals surface area (Å²) in [4.78, 5) is 1.57. The van der Waals surface area contributed by atoms with E-state index < -0.39 is 11.9 Å². The zero-order valence-corrected chi connectivity index (χ0v) is 11.7. The largest absolute Gasteiger partial charge is 0.389 e. The summed E-state index contributed by atoms with van der Waals surface area (Å²) in [7, 11) is 3.15. The highest BCUT2D eigenvalue weighted by Gasteiger charge is 2.16. The van der Waals surface area contributed by atoms with Crippen molar-refractivity contribution < 1.29 is 14.2 Å². The minimum absolute atomic E-state index is 0.135. The standard InChI is InChI=1S/C12H14BrFN2O2/c1-16(6-9(17)7-18-2)10-4-3-8(5-15)11(13)12(10)14/h3-4,9,17H,6-7H2,1-2H3. The molecule has 0 aromatic heterocycles. The van der Waals surface area contributed by atoms with Crippen LogP contribution >= 0.6 is 15.9 Å². The predicted molar refractivity (Wildman–Crippen MR) is 70.0 cm³/mol. The Morgan fingerprint density at radius 2 is 2.28 bits per heavy atom. The van der Waals surface area contributed by atoms with E-state index >= 15 is 0 Å².